The van der Waals surface area contributed by atoms with Gasteiger partial charge in [-0.05, 0) is 54.8 Å². The molecule has 0 radical (unpaired) electrons. The van der Waals surface area contributed by atoms with Gasteiger partial charge in [-0.1, -0.05) is 6.07 Å². The Kier molecular flexibility index (Phi) is 3.55. The monoisotopic (exact) mass is 306 g/mol. The minimum Gasteiger partial charge on any atom is -0.358 e. The van der Waals surface area contributed by atoms with Crippen molar-refractivity contribution in [3.05, 3.63) is 59.4 Å². The molecule has 2 aromatic heterocycles. The summed E-state index contributed by atoms with van der Waals surface area (Å²) in [4.78, 5) is 20.0. The van der Waals surface area contributed by atoms with Gasteiger partial charge in [0.15, 0.2) is 5.82 Å². The Morgan fingerprint density at radius 1 is 1.17 bits per heavy atom. The Hall–Kier alpha value is -2.66. The Balaban J connectivity index is 1.62. The van der Waals surface area contributed by atoms with E-state index in [0.29, 0.717) is 11.4 Å². The van der Waals surface area contributed by atoms with Crippen LogP contribution >= 0.6 is 0 Å². The molecule has 0 saturated carbocycles. The van der Waals surface area contributed by atoms with E-state index in [1.165, 1.54) is 11.1 Å². The fraction of sp³-hybridized carbons (Fsp3) is 0.222. The van der Waals surface area contributed by atoms with E-state index < -0.39 is 0 Å². The number of fused-ring (bicyclic) bond motifs is 2. The summed E-state index contributed by atoms with van der Waals surface area (Å²) in [6, 6.07) is 9.81. The van der Waals surface area contributed by atoms with Crippen molar-refractivity contribution in [2.24, 2.45) is 0 Å². The molecule has 0 spiro atoms. The molecule has 5 nitrogen and oxygen atoms in total. The average Bonchev–Trinajstić information content (AvgIpc) is 2.93. The standard InChI is InChI=1S/C18H18N4O/c23-18(22-17-16-12(5-8-20-16)6-9-21-17)14-3-4-15-11-19-7-1-2-13(15)10-14/h3-6,8-10,19-20H,1-2,7,11H2,(H,21,22,23). The normalized spacial score (nSPS) is 14.3. The highest BCUT2D eigenvalue weighted by molar-refractivity contribution is 6.07. The summed E-state index contributed by atoms with van der Waals surface area (Å²) in [5.74, 6) is 0.439. The molecule has 1 amide bonds. The van der Waals surface area contributed by atoms with Gasteiger partial charge in [0.1, 0.15) is 0 Å². The highest BCUT2D eigenvalue weighted by atomic mass is 16.1. The number of hydrogen-bond acceptors (Lipinski definition) is 3. The van der Waals surface area contributed by atoms with Crippen LogP contribution in [0, 0.1) is 0 Å². The quantitative estimate of drug-likeness (QED) is 0.682. The van der Waals surface area contributed by atoms with Crippen LogP contribution in [-0.2, 0) is 13.0 Å². The minimum absolute atomic E-state index is 0.125. The third-order valence-electron chi connectivity index (χ3n) is 4.29. The molecular formula is C18H18N4O. The number of amides is 1. The van der Waals surface area contributed by atoms with Crippen LogP contribution in [0.25, 0.3) is 10.9 Å². The van der Waals surface area contributed by atoms with Crippen LogP contribution in [0.1, 0.15) is 27.9 Å². The predicted molar refractivity (Wildman–Crippen MR) is 90.5 cm³/mol. The molecule has 1 aliphatic rings. The van der Waals surface area contributed by atoms with Crippen molar-refractivity contribution in [1.82, 2.24) is 15.3 Å². The van der Waals surface area contributed by atoms with E-state index in [9.17, 15) is 4.79 Å². The Bertz CT molecular complexity index is 868. The number of H-pyrrole nitrogens is 1. The third-order valence-corrected chi connectivity index (χ3v) is 4.29. The summed E-state index contributed by atoms with van der Waals surface area (Å²) >= 11 is 0. The smallest absolute Gasteiger partial charge is 0.256 e. The van der Waals surface area contributed by atoms with Gasteiger partial charge in [-0.25, -0.2) is 4.98 Å². The number of aryl methyl sites for hydroxylation is 1. The first-order valence-electron chi connectivity index (χ1n) is 7.87. The average molecular weight is 306 g/mol. The molecule has 3 heterocycles. The van der Waals surface area contributed by atoms with Crippen molar-refractivity contribution >= 4 is 22.6 Å². The van der Waals surface area contributed by atoms with Crippen molar-refractivity contribution in [3.63, 3.8) is 0 Å². The molecule has 3 N–H and O–H groups in total. The summed E-state index contributed by atoms with van der Waals surface area (Å²) in [5, 5.41) is 7.34. The molecule has 1 aliphatic heterocycles. The summed E-state index contributed by atoms with van der Waals surface area (Å²) in [6.45, 7) is 1.90. The number of nitrogens with one attached hydrogen (secondary N) is 3. The number of benzene rings is 1. The zero-order chi connectivity index (χ0) is 15.6. The van der Waals surface area contributed by atoms with E-state index >= 15 is 0 Å². The molecule has 23 heavy (non-hydrogen) atoms. The zero-order valence-corrected chi connectivity index (χ0v) is 12.7. The molecule has 0 aliphatic carbocycles. The minimum atomic E-state index is -0.125. The van der Waals surface area contributed by atoms with Gasteiger partial charge in [-0.3, -0.25) is 4.79 Å². The van der Waals surface area contributed by atoms with E-state index in [2.05, 4.69) is 20.6 Å². The first kappa shape index (κ1) is 14.0. The maximum Gasteiger partial charge on any atom is 0.256 e. The van der Waals surface area contributed by atoms with Gasteiger partial charge in [-0.15, -0.1) is 0 Å². The molecule has 0 unspecified atom stereocenters. The number of aromatic amines is 1. The maximum absolute atomic E-state index is 12.6. The lowest BCUT2D eigenvalue weighted by atomic mass is 10.0. The lowest BCUT2D eigenvalue weighted by Gasteiger charge is -2.09. The SMILES string of the molecule is O=C(Nc1nccc2cc[nH]c12)c1ccc2c(c1)CCCNC2. The fourth-order valence-corrected chi connectivity index (χ4v) is 3.06. The van der Waals surface area contributed by atoms with Crippen molar-refractivity contribution in [1.29, 1.82) is 0 Å². The number of nitrogens with zero attached hydrogens (tertiary/aromatic N) is 1. The molecule has 0 bridgehead atoms. The second-order valence-electron chi connectivity index (χ2n) is 5.82. The Morgan fingerprint density at radius 2 is 2.13 bits per heavy atom. The van der Waals surface area contributed by atoms with Crippen LogP contribution in [-0.4, -0.2) is 22.4 Å². The Labute approximate surface area is 134 Å². The van der Waals surface area contributed by atoms with Crippen molar-refractivity contribution in [3.8, 4) is 0 Å². The van der Waals surface area contributed by atoms with Crippen LogP contribution in [0.3, 0.4) is 0 Å². The number of pyridine rings is 1. The molecule has 0 fully saturated rings. The largest absolute Gasteiger partial charge is 0.358 e. The number of rotatable bonds is 2. The van der Waals surface area contributed by atoms with Crippen LogP contribution in [0.2, 0.25) is 0 Å². The molecular weight excluding hydrogens is 288 g/mol. The summed E-state index contributed by atoms with van der Waals surface area (Å²) in [6.07, 6.45) is 5.65. The molecule has 4 rings (SSSR count). The second kappa shape index (κ2) is 5.85. The third kappa shape index (κ3) is 2.71. The van der Waals surface area contributed by atoms with Crippen LogP contribution < -0.4 is 10.6 Å². The van der Waals surface area contributed by atoms with Gasteiger partial charge in [-0.2, -0.15) is 0 Å². The van der Waals surface area contributed by atoms with E-state index in [1.807, 2.05) is 36.5 Å². The first-order chi connectivity index (χ1) is 11.3. The first-order valence-corrected chi connectivity index (χ1v) is 7.87. The predicted octanol–water partition coefficient (Wildman–Crippen LogP) is 2.85. The lowest BCUT2D eigenvalue weighted by molar-refractivity contribution is 0.102. The van der Waals surface area contributed by atoms with Gasteiger partial charge < -0.3 is 15.6 Å². The van der Waals surface area contributed by atoms with E-state index in [-0.39, 0.29) is 5.91 Å². The van der Waals surface area contributed by atoms with E-state index in [1.54, 1.807) is 6.20 Å². The maximum atomic E-state index is 12.6. The molecule has 1 aromatic carbocycles. The fourth-order valence-electron chi connectivity index (χ4n) is 3.06. The van der Waals surface area contributed by atoms with Gasteiger partial charge in [0, 0.05) is 29.9 Å². The number of hydrogen-bond donors (Lipinski definition) is 3. The number of carbonyl (C=O) groups excluding carboxylic acids is 1. The van der Waals surface area contributed by atoms with Gasteiger partial charge in [0.05, 0.1) is 5.52 Å². The van der Waals surface area contributed by atoms with Crippen molar-refractivity contribution in [2.45, 2.75) is 19.4 Å². The topological polar surface area (TPSA) is 69.8 Å². The highest BCUT2D eigenvalue weighted by Gasteiger charge is 2.13. The molecule has 116 valence electrons. The summed E-state index contributed by atoms with van der Waals surface area (Å²) in [5.41, 5.74) is 4.06. The molecule has 3 aromatic rings. The molecule has 5 heteroatoms. The van der Waals surface area contributed by atoms with Crippen molar-refractivity contribution < 1.29 is 4.79 Å². The number of carbonyl (C=O) groups is 1. The zero-order valence-electron chi connectivity index (χ0n) is 12.7. The lowest BCUT2D eigenvalue weighted by Crippen LogP contribution is -2.14. The van der Waals surface area contributed by atoms with Gasteiger partial charge in [0.25, 0.3) is 5.91 Å². The van der Waals surface area contributed by atoms with E-state index in [4.69, 9.17) is 0 Å². The van der Waals surface area contributed by atoms with Crippen molar-refractivity contribution in [2.75, 3.05) is 11.9 Å². The van der Waals surface area contributed by atoms with Crippen LogP contribution in [0.4, 0.5) is 5.82 Å². The summed E-state index contributed by atoms with van der Waals surface area (Å²) in [7, 11) is 0. The molecule has 0 atom stereocenters. The number of anilines is 1. The number of aromatic nitrogens is 2. The van der Waals surface area contributed by atoms with Crippen LogP contribution in [0.5, 0.6) is 0 Å². The molecule has 0 saturated heterocycles. The van der Waals surface area contributed by atoms with Gasteiger partial charge in [0.2, 0.25) is 0 Å². The van der Waals surface area contributed by atoms with Crippen LogP contribution in [0.15, 0.2) is 42.7 Å². The van der Waals surface area contributed by atoms with E-state index in [0.717, 1.165) is 36.8 Å². The summed E-state index contributed by atoms with van der Waals surface area (Å²) < 4.78 is 0. The Morgan fingerprint density at radius 3 is 3.09 bits per heavy atom. The second-order valence-corrected chi connectivity index (χ2v) is 5.82. The highest BCUT2D eigenvalue weighted by Crippen LogP contribution is 2.21. The van der Waals surface area contributed by atoms with Gasteiger partial charge >= 0.3 is 0 Å².